The van der Waals surface area contributed by atoms with Crippen molar-refractivity contribution < 1.29 is 19.1 Å². The molecule has 0 saturated carbocycles. The van der Waals surface area contributed by atoms with Crippen LogP contribution in [0.1, 0.15) is 34.1 Å². The van der Waals surface area contributed by atoms with Crippen LogP contribution in [-0.4, -0.2) is 51.7 Å². The molecule has 0 aromatic heterocycles. The van der Waals surface area contributed by atoms with Crippen LogP contribution >= 0.6 is 24.0 Å². The second-order valence-electron chi connectivity index (χ2n) is 6.57. The molecule has 1 saturated heterocycles. The number of carbonyl (C=O) groups excluding carboxylic acids is 2. The Morgan fingerprint density at radius 2 is 2.17 bits per heavy atom. The van der Waals surface area contributed by atoms with Crippen LogP contribution < -0.4 is 0 Å². The van der Waals surface area contributed by atoms with Crippen LogP contribution in [0.5, 0.6) is 0 Å². The highest BCUT2D eigenvalue weighted by atomic mass is 32.2. The fraction of sp³-hybridized carbons (Fsp3) is 0.706. The summed E-state index contributed by atoms with van der Waals surface area (Å²) in [6, 6.07) is 0.141. The van der Waals surface area contributed by atoms with Crippen molar-refractivity contribution >= 4 is 40.2 Å². The summed E-state index contributed by atoms with van der Waals surface area (Å²) < 4.78 is 11.6. The predicted molar refractivity (Wildman–Crippen MR) is 98.7 cm³/mol. The zero-order valence-corrected chi connectivity index (χ0v) is 16.2. The fourth-order valence-electron chi connectivity index (χ4n) is 2.83. The van der Waals surface area contributed by atoms with E-state index >= 15 is 0 Å². The number of hydrogen-bond acceptors (Lipinski definition) is 6. The molecule has 4 atom stereocenters. The van der Waals surface area contributed by atoms with E-state index in [4.69, 9.17) is 21.7 Å². The second kappa shape index (κ2) is 8.45. The van der Waals surface area contributed by atoms with Crippen molar-refractivity contribution in [1.29, 1.82) is 0 Å². The Morgan fingerprint density at radius 3 is 2.79 bits per heavy atom. The maximum absolute atomic E-state index is 13.0. The number of rotatable bonds is 5. The first kappa shape index (κ1) is 19.4. The number of thioether (sulfide) groups is 1. The van der Waals surface area contributed by atoms with Crippen molar-refractivity contribution in [2.24, 2.45) is 11.8 Å². The summed E-state index contributed by atoms with van der Waals surface area (Å²) in [4.78, 5) is 25.7. The number of ether oxygens (including phenoxy) is 2. The van der Waals surface area contributed by atoms with Crippen molar-refractivity contribution in [2.75, 3.05) is 12.4 Å². The number of nitrogens with zero attached hydrogens (tertiary/aromatic N) is 1. The Kier molecular flexibility index (Phi) is 6.83. The van der Waals surface area contributed by atoms with Gasteiger partial charge in [-0.05, 0) is 12.3 Å². The van der Waals surface area contributed by atoms with E-state index in [2.05, 4.69) is 13.8 Å². The topological polar surface area (TPSA) is 55.8 Å². The third kappa shape index (κ3) is 4.58. The van der Waals surface area contributed by atoms with Crippen molar-refractivity contribution in [3.8, 4) is 0 Å². The van der Waals surface area contributed by atoms with Gasteiger partial charge in [0.2, 0.25) is 5.91 Å². The number of amides is 1. The average Bonchev–Trinajstić information content (AvgIpc) is 2.93. The Hall–Kier alpha value is -0.920. The molecule has 2 heterocycles. The lowest BCUT2D eigenvalue weighted by Gasteiger charge is -2.33. The highest BCUT2D eigenvalue weighted by Gasteiger charge is 2.40. The van der Waals surface area contributed by atoms with E-state index in [0.717, 1.165) is 5.75 Å². The maximum Gasteiger partial charge on any atom is 0.302 e. The van der Waals surface area contributed by atoms with Crippen molar-refractivity contribution in [1.82, 2.24) is 4.90 Å². The standard InChI is InChI=1S/C17H25NO4S2/c1-10(2)14-9-24-17(23)18(14)16(20)11(3)15-7-5-6-13(22-15)8-21-12(4)19/h5,7,10-11,13-15H,6,8-9H2,1-4H3/t11-,13-,14-,15+/m0/s1. The van der Waals surface area contributed by atoms with Crippen LogP contribution in [0, 0.1) is 11.8 Å². The van der Waals surface area contributed by atoms with Crippen molar-refractivity contribution in [2.45, 2.75) is 52.4 Å². The van der Waals surface area contributed by atoms with E-state index < -0.39 is 0 Å². The van der Waals surface area contributed by atoms with Crippen LogP contribution in [0.2, 0.25) is 0 Å². The molecule has 1 amide bonds. The summed E-state index contributed by atoms with van der Waals surface area (Å²) in [7, 11) is 0. The van der Waals surface area contributed by atoms with Gasteiger partial charge in [0, 0.05) is 18.7 Å². The average molecular weight is 372 g/mol. The molecule has 7 heteroatoms. The largest absolute Gasteiger partial charge is 0.463 e. The Labute approximate surface area is 153 Å². The number of thiocarbonyl (C=S) groups is 1. The molecular weight excluding hydrogens is 346 g/mol. The molecule has 0 unspecified atom stereocenters. The normalized spacial score (nSPS) is 28.3. The molecular formula is C17H25NO4S2. The molecule has 0 aromatic carbocycles. The fourth-order valence-corrected chi connectivity index (χ4v) is 4.47. The minimum Gasteiger partial charge on any atom is -0.463 e. The lowest BCUT2D eigenvalue weighted by molar-refractivity contribution is -0.150. The minimum absolute atomic E-state index is 0.00601. The maximum atomic E-state index is 13.0. The first-order valence-corrected chi connectivity index (χ1v) is 9.66. The van der Waals surface area contributed by atoms with Gasteiger partial charge in [0.15, 0.2) is 0 Å². The van der Waals surface area contributed by atoms with Gasteiger partial charge in [0.1, 0.15) is 10.9 Å². The molecule has 0 aromatic rings. The molecule has 0 spiro atoms. The molecule has 5 nitrogen and oxygen atoms in total. The Morgan fingerprint density at radius 1 is 1.46 bits per heavy atom. The van der Waals surface area contributed by atoms with Gasteiger partial charge in [-0.1, -0.05) is 56.9 Å². The van der Waals surface area contributed by atoms with E-state index in [1.54, 1.807) is 16.7 Å². The molecule has 2 rings (SSSR count). The quantitative estimate of drug-likeness (QED) is 0.421. The van der Waals surface area contributed by atoms with Gasteiger partial charge in [0.05, 0.1) is 18.1 Å². The van der Waals surface area contributed by atoms with E-state index in [1.165, 1.54) is 6.92 Å². The third-order valence-electron chi connectivity index (χ3n) is 4.34. The Bertz CT molecular complexity index is 535. The van der Waals surface area contributed by atoms with Gasteiger partial charge in [-0.3, -0.25) is 14.5 Å². The van der Waals surface area contributed by atoms with Gasteiger partial charge in [-0.2, -0.15) is 0 Å². The molecule has 0 aliphatic carbocycles. The summed E-state index contributed by atoms with van der Waals surface area (Å²) >= 11 is 6.95. The van der Waals surface area contributed by atoms with Gasteiger partial charge in [-0.25, -0.2) is 0 Å². The summed E-state index contributed by atoms with van der Waals surface area (Å²) in [6.07, 6.45) is 4.05. The minimum atomic E-state index is -0.334. The second-order valence-corrected chi connectivity index (χ2v) is 8.23. The van der Waals surface area contributed by atoms with E-state index in [0.29, 0.717) is 16.7 Å². The molecule has 0 bridgehead atoms. The van der Waals surface area contributed by atoms with Gasteiger partial charge >= 0.3 is 5.97 Å². The van der Waals surface area contributed by atoms with Gasteiger partial charge in [-0.15, -0.1) is 0 Å². The lowest BCUT2D eigenvalue weighted by atomic mass is 9.97. The van der Waals surface area contributed by atoms with Crippen LogP contribution in [0.4, 0.5) is 0 Å². The van der Waals surface area contributed by atoms with E-state index in [9.17, 15) is 9.59 Å². The highest BCUT2D eigenvalue weighted by molar-refractivity contribution is 8.23. The van der Waals surface area contributed by atoms with Crippen LogP contribution in [0.15, 0.2) is 12.2 Å². The summed E-state index contributed by atoms with van der Waals surface area (Å²) in [6.45, 7) is 7.67. The predicted octanol–water partition coefficient (Wildman–Crippen LogP) is 2.78. The molecule has 0 radical (unpaired) electrons. The third-order valence-corrected chi connectivity index (χ3v) is 5.84. The SMILES string of the molecule is CC(=O)OC[C@@H]1CC=C[C@H]([C@H](C)C(=O)N2C(=S)SC[C@H]2C(C)C)O1. The van der Waals surface area contributed by atoms with Crippen LogP contribution in [0.25, 0.3) is 0 Å². The number of hydrogen-bond donors (Lipinski definition) is 0. The summed E-state index contributed by atoms with van der Waals surface area (Å²) in [5.74, 6) is 0.554. The number of esters is 1. The molecule has 134 valence electrons. The first-order valence-electron chi connectivity index (χ1n) is 8.26. The van der Waals surface area contributed by atoms with Crippen molar-refractivity contribution in [3.63, 3.8) is 0 Å². The van der Waals surface area contributed by atoms with Crippen LogP contribution in [-0.2, 0) is 19.1 Å². The van der Waals surface area contributed by atoms with Crippen molar-refractivity contribution in [3.05, 3.63) is 12.2 Å². The summed E-state index contributed by atoms with van der Waals surface area (Å²) in [5, 5.41) is 0. The van der Waals surface area contributed by atoms with Gasteiger partial charge in [0.25, 0.3) is 0 Å². The van der Waals surface area contributed by atoms with E-state index in [1.807, 2.05) is 19.1 Å². The first-order chi connectivity index (χ1) is 11.3. The zero-order chi connectivity index (χ0) is 17.9. The van der Waals surface area contributed by atoms with Gasteiger partial charge < -0.3 is 9.47 Å². The summed E-state index contributed by atoms with van der Waals surface area (Å²) in [5.41, 5.74) is 0. The molecule has 1 fully saturated rings. The monoisotopic (exact) mass is 371 g/mol. The molecule has 2 aliphatic heterocycles. The zero-order valence-electron chi connectivity index (χ0n) is 14.6. The lowest BCUT2D eigenvalue weighted by Crippen LogP contribution is -2.47. The highest BCUT2D eigenvalue weighted by Crippen LogP contribution is 2.32. The Balaban J connectivity index is 2.02. The molecule has 2 aliphatic rings. The van der Waals surface area contributed by atoms with Crippen LogP contribution in [0.3, 0.4) is 0 Å². The molecule has 0 N–H and O–H groups in total. The number of carbonyl (C=O) groups is 2. The smallest absolute Gasteiger partial charge is 0.302 e. The molecule has 24 heavy (non-hydrogen) atoms. The van der Waals surface area contributed by atoms with E-state index in [-0.39, 0.29) is 42.7 Å².